The first kappa shape index (κ1) is 24.7. The van der Waals surface area contributed by atoms with Crippen molar-refractivity contribution in [1.82, 2.24) is 30.3 Å². The van der Waals surface area contributed by atoms with Crippen molar-refractivity contribution in [2.45, 2.75) is 45.6 Å². The molecule has 0 unspecified atom stereocenters. The van der Waals surface area contributed by atoms with Gasteiger partial charge in [-0.2, -0.15) is 0 Å². The topological polar surface area (TPSA) is 126 Å². The second-order valence-electron chi connectivity index (χ2n) is 8.42. The molecule has 0 saturated carbocycles. The number of likely N-dealkylation sites (tertiary alicyclic amines) is 1. The fourth-order valence-corrected chi connectivity index (χ4v) is 5.24. The van der Waals surface area contributed by atoms with Gasteiger partial charge in [0.15, 0.2) is 0 Å². The van der Waals surface area contributed by atoms with Gasteiger partial charge in [0.25, 0.3) is 17.7 Å². The summed E-state index contributed by atoms with van der Waals surface area (Å²) in [6.45, 7) is 6.83. The summed E-state index contributed by atoms with van der Waals surface area (Å²) in [7, 11) is 0. The number of hydrogen-bond acceptors (Lipinski definition) is 9. The molecule has 3 amide bonds. The zero-order chi connectivity index (χ0) is 24.9. The molecule has 1 fully saturated rings. The average molecular weight is 515 g/mol. The van der Waals surface area contributed by atoms with E-state index in [2.05, 4.69) is 25.4 Å². The highest BCUT2D eigenvalue weighted by Crippen LogP contribution is 2.31. The Morgan fingerprint density at radius 2 is 1.77 bits per heavy atom. The van der Waals surface area contributed by atoms with Gasteiger partial charge in [-0.25, -0.2) is 4.98 Å². The molecular formula is C23H26N6O4S2. The van der Waals surface area contributed by atoms with Crippen LogP contribution in [-0.2, 0) is 0 Å². The molecule has 2 aromatic heterocycles. The standard InChI is InChI=1S/C23H26N6O4S2/c1-13(2)33-17-6-4-16(5-7-17)23(32)29-10-8-15(9-11-29)22-24-18(12-34-22)20(30)26-27-21(31)19-14(3)25-28-35-19/h4-7,12-13,15H,8-11H2,1-3H3,(H,26,30)(H,27,31). The van der Waals surface area contributed by atoms with Gasteiger partial charge in [0.1, 0.15) is 16.3 Å². The largest absolute Gasteiger partial charge is 0.491 e. The van der Waals surface area contributed by atoms with E-state index >= 15 is 0 Å². The maximum absolute atomic E-state index is 12.9. The van der Waals surface area contributed by atoms with Crippen molar-refractivity contribution in [3.8, 4) is 5.75 Å². The van der Waals surface area contributed by atoms with Gasteiger partial charge in [-0.15, -0.1) is 16.4 Å². The zero-order valence-electron chi connectivity index (χ0n) is 19.6. The van der Waals surface area contributed by atoms with Crippen LogP contribution in [0.25, 0.3) is 0 Å². The van der Waals surface area contributed by atoms with Crippen LogP contribution in [0.5, 0.6) is 5.75 Å². The summed E-state index contributed by atoms with van der Waals surface area (Å²) in [6.07, 6.45) is 1.62. The lowest BCUT2D eigenvalue weighted by atomic mass is 9.97. The van der Waals surface area contributed by atoms with Crippen LogP contribution >= 0.6 is 22.9 Å². The highest BCUT2D eigenvalue weighted by Gasteiger charge is 2.27. The van der Waals surface area contributed by atoms with Crippen molar-refractivity contribution in [1.29, 1.82) is 0 Å². The molecule has 35 heavy (non-hydrogen) atoms. The molecule has 184 valence electrons. The van der Waals surface area contributed by atoms with Gasteiger partial charge in [0, 0.05) is 30.0 Å². The molecule has 10 nitrogen and oxygen atoms in total. The van der Waals surface area contributed by atoms with Crippen molar-refractivity contribution < 1.29 is 19.1 Å². The first-order valence-corrected chi connectivity index (χ1v) is 12.9. The van der Waals surface area contributed by atoms with Crippen molar-refractivity contribution in [2.75, 3.05) is 13.1 Å². The minimum Gasteiger partial charge on any atom is -0.491 e. The van der Waals surface area contributed by atoms with Crippen molar-refractivity contribution >= 4 is 40.6 Å². The number of nitrogens with zero attached hydrogens (tertiary/aromatic N) is 4. The highest BCUT2D eigenvalue weighted by atomic mass is 32.1. The van der Waals surface area contributed by atoms with Crippen LogP contribution in [0, 0.1) is 6.92 Å². The van der Waals surface area contributed by atoms with Gasteiger partial charge >= 0.3 is 0 Å². The number of amides is 3. The SMILES string of the molecule is Cc1nnsc1C(=O)NNC(=O)c1csc(C2CCN(C(=O)c3ccc(OC(C)C)cc3)CC2)n1. The molecule has 1 aromatic carbocycles. The fourth-order valence-electron chi connectivity index (χ4n) is 3.71. The van der Waals surface area contributed by atoms with Crippen LogP contribution in [0.4, 0.5) is 0 Å². The number of carbonyl (C=O) groups is 3. The summed E-state index contributed by atoms with van der Waals surface area (Å²) >= 11 is 2.37. The summed E-state index contributed by atoms with van der Waals surface area (Å²) in [5, 5.41) is 6.31. The molecule has 3 heterocycles. The third-order valence-corrected chi connectivity index (χ3v) is 7.34. The van der Waals surface area contributed by atoms with E-state index in [1.54, 1.807) is 24.4 Å². The molecule has 0 atom stereocenters. The summed E-state index contributed by atoms with van der Waals surface area (Å²) in [6, 6.07) is 7.23. The zero-order valence-corrected chi connectivity index (χ0v) is 21.2. The number of aryl methyl sites for hydroxylation is 1. The quantitative estimate of drug-likeness (QED) is 0.484. The monoisotopic (exact) mass is 514 g/mol. The number of hydrogen-bond donors (Lipinski definition) is 2. The second kappa shape index (κ2) is 10.9. The summed E-state index contributed by atoms with van der Waals surface area (Å²) in [5.41, 5.74) is 6.12. The Hall–Kier alpha value is -3.38. The molecule has 1 aliphatic heterocycles. The van der Waals surface area contributed by atoms with Gasteiger partial charge in [0.05, 0.1) is 16.8 Å². The van der Waals surface area contributed by atoms with E-state index in [9.17, 15) is 14.4 Å². The predicted molar refractivity (Wildman–Crippen MR) is 132 cm³/mol. The number of benzene rings is 1. The molecule has 4 rings (SSSR count). The molecular weight excluding hydrogens is 488 g/mol. The van der Waals surface area contributed by atoms with Gasteiger partial charge in [-0.1, -0.05) is 4.49 Å². The number of rotatable bonds is 6. The number of aromatic nitrogens is 3. The molecule has 0 radical (unpaired) electrons. The van der Waals surface area contributed by atoms with Crippen molar-refractivity contribution in [2.24, 2.45) is 0 Å². The summed E-state index contributed by atoms with van der Waals surface area (Å²) in [4.78, 5) is 44.1. The molecule has 2 N–H and O–H groups in total. The van der Waals surface area contributed by atoms with Crippen molar-refractivity contribution in [3.05, 3.63) is 56.5 Å². The molecule has 1 saturated heterocycles. The van der Waals surface area contributed by atoms with Gasteiger partial charge < -0.3 is 9.64 Å². The van der Waals surface area contributed by atoms with Gasteiger partial charge in [0.2, 0.25) is 0 Å². The van der Waals surface area contributed by atoms with E-state index in [1.807, 2.05) is 30.9 Å². The molecule has 0 bridgehead atoms. The fraction of sp³-hybridized carbons (Fsp3) is 0.391. The highest BCUT2D eigenvalue weighted by molar-refractivity contribution is 7.10. The number of piperidine rings is 1. The Balaban J connectivity index is 1.28. The normalized spacial score (nSPS) is 14.1. The lowest BCUT2D eigenvalue weighted by Gasteiger charge is -2.31. The average Bonchev–Trinajstić information content (AvgIpc) is 3.52. The van der Waals surface area contributed by atoms with Crippen LogP contribution in [0.2, 0.25) is 0 Å². The third kappa shape index (κ3) is 6.01. The minimum atomic E-state index is -0.492. The Bertz CT molecular complexity index is 1200. The van der Waals surface area contributed by atoms with E-state index < -0.39 is 11.8 Å². The predicted octanol–water partition coefficient (Wildman–Crippen LogP) is 3.18. The smallest absolute Gasteiger partial charge is 0.289 e. The Morgan fingerprint density at radius 3 is 2.40 bits per heavy atom. The second-order valence-corrected chi connectivity index (χ2v) is 10.1. The number of ether oxygens (including phenoxy) is 1. The number of nitrogens with one attached hydrogen (secondary N) is 2. The lowest BCUT2D eigenvalue weighted by Crippen LogP contribution is -2.41. The van der Waals surface area contributed by atoms with Gasteiger partial charge in [-0.05, 0) is 69.4 Å². The van der Waals surface area contributed by atoms with E-state index in [1.165, 1.54) is 11.3 Å². The van der Waals surface area contributed by atoms with E-state index in [0.29, 0.717) is 29.2 Å². The summed E-state index contributed by atoms with van der Waals surface area (Å²) < 4.78 is 9.35. The van der Waals surface area contributed by atoms with Crippen molar-refractivity contribution in [3.63, 3.8) is 0 Å². The van der Waals surface area contributed by atoms with E-state index in [4.69, 9.17) is 4.74 Å². The van der Waals surface area contributed by atoms with E-state index in [0.717, 1.165) is 35.1 Å². The van der Waals surface area contributed by atoms with Crippen LogP contribution < -0.4 is 15.6 Å². The number of thiazole rings is 1. The Morgan fingerprint density at radius 1 is 1.09 bits per heavy atom. The van der Waals surface area contributed by atoms with E-state index in [-0.39, 0.29) is 23.6 Å². The first-order valence-electron chi connectivity index (χ1n) is 11.2. The van der Waals surface area contributed by atoms with Crippen LogP contribution in [0.3, 0.4) is 0 Å². The summed E-state index contributed by atoms with van der Waals surface area (Å²) in [5.74, 6) is -0.0446. The molecule has 12 heteroatoms. The first-order chi connectivity index (χ1) is 16.8. The minimum absolute atomic E-state index is 0.000807. The number of carbonyl (C=O) groups excluding carboxylic acids is 3. The molecule has 0 aliphatic carbocycles. The Kier molecular flexibility index (Phi) is 7.71. The third-order valence-electron chi connectivity index (χ3n) is 5.51. The maximum Gasteiger partial charge on any atom is 0.289 e. The Labute approximate surface area is 210 Å². The van der Waals surface area contributed by atoms with Crippen LogP contribution in [0.15, 0.2) is 29.6 Å². The van der Waals surface area contributed by atoms with Gasteiger partial charge in [-0.3, -0.25) is 25.2 Å². The molecule has 1 aliphatic rings. The molecule has 0 spiro atoms. The molecule has 3 aromatic rings. The number of hydrazine groups is 1. The lowest BCUT2D eigenvalue weighted by molar-refractivity contribution is 0.0712. The maximum atomic E-state index is 12.9. The van der Waals surface area contributed by atoms with Crippen LogP contribution in [0.1, 0.15) is 73.8 Å². The van der Waals surface area contributed by atoms with Crippen LogP contribution in [-0.4, -0.2) is 56.4 Å².